The summed E-state index contributed by atoms with van der Waals surface area (Å²) in [4.78, 5) is 19.3. The number of rotatable bonds is 4. The second-order valence-electron chi connectivity index (χ2n) is 6.54. The Balaban J connectivity index is 1.70. The highest BCUT2D eigenvalue weighted by atomic mass is 16.4. The number of oxazole rings is 1. The number of hydrogen-bond donors (Lipinski definition) is 0. The van der Waals surface area contributed by atoms with Gasteiger partial charge in [0.1, 0.15) is 5.76 Å². The van der Waals surface area contributed by atoms with Crippen molar-refractivity contribution in [2.45, 2.75) is 6.92 Å². The molecule has 0 N–H and O–H groups in total. The largest absolute Gasteiger partial charge is 0.441 e. The van der Waals surface area contributed by atoms with Crippen molar-refractivity contribution in [2.75, 3.05) is 11.9 Å². The van der Waals surface area contributed by atoms with Gasteiger partial charge >= 0.3 is 0 Å². The van der Waals surface area contributed by atoms with Gasteiger partial charge < -0.3 is 9.32 Å². The van der Waals surface area contributed by atoms with Crippen molar-refractivity contribution in [3.05, 3.63) is 96.4 Å². The summed E-state index contributed by atoms with van der Waals surface area (Å²) in [5.41, 5.74) is 4.03. The van der Waals surface area contributed by atoms with Crippen LogP contribution in [0.3, 0.4) is 0 Å². The van der Waals surface area contributed by atoms with E-state index in [1.165, 1.54) is 0 Å². The van der Waals surface area contributed by atoms with Crippen LogP contribution in [0.4, 0.5) is 5.69 Å². The number of hydrogen-bond acceptors (Lipinski definition) is 3. The van der Waals surface area contributed by atoms with Gasteiger partial charge in [-0.1, -0.05) is 66.7 Å². The first-order chi connectivity index (χ1) is 13.6. The van der Waals surface area contributed by atoms with Crippen LogP contribution in [0.5, 0.6) is 0 Å². The molecule has 28 heavy (non-hydrogen) atoms. The fourth-order valence-corrected chi connectivity index (χ4v) is 3.20. The topological polar surface area (TPSA) is 46.3 Å². The van der Waals surface area contributed by atoms with E-state index in [4.69, 9.17) is 4.42 Å². The number of anilines is 1. The lowest BCUT2D eigenvalue weighted by atomic mass is 10.0. The maximum atomic E-state index is 13.2. The molecule has 138 valence electrons. The highest BCUT2D eigenvalue weighted by Crippen LogP contribution is 2.31. The number of aryl methyl sites for hydroxylation is 1. The van der Waals surface area contributed by atoms with Gasteiger partial charge in [-0.2, -0.15) is 0 Å². The van der Waals surface area contributed by atoms with Gasteiger partial charge in [0.15, 0.2) is 5.69 Å². The Morgan fingerprint density at radius 2 is 1.39 bits per heavy atom. The lowest BCUT2D eigenvalue weighted by molar-refractivity contribution is 0.0987. The first-order valence-corrected chi connectivity index (χ1v) is 9.10. The Bertz CT molecular complexity index is 1100. The van der Waals surface area contributed by atoms with E-state index in [1.54, 1.807) is 18.9 Å². The van der Waals surface area contributed by atoms with Crippen LogP contribution in [0.25, 0.3) is 22.6 Å². The quantitative estimate of drug-likeness (QED) is 0.471. The molecule has 0 fully saturated rings. The molecule has 0 aliphatic carbocycles. The Hall–Kier alpha value is -3.66. The van der Waals surface area contributed by atoms with Crippen molar-refractivity contribution in [1.82, 2.24) is 4.98 Å². The molecule has 4 aromatic rings. The van der Waals surface area contributed by atoms with Crippen LogP contribution < -0.4 is 4.90 Å². The molecular weight excluding hydrogens is 348 g/mol. The number of benzene rings is 3. The first-order valence-electron chi connectivity index (χ1n) is 9.10. The Kier molecular flexibility index (Phi) is 4.77. The first kappa shape index (κ1) is 17.7. The Labute approximate surface area is 164 Å². The number of para-hydroxylation sites is 1. The van der Waals surface area contributed by atoms with Crippen LogP contribution >= 0.6 is 0 Å². The summed E-state index contributed by atoms with van der Waals surface area (Å²) in [6, 6.07) is 27.5. The summed E-state index contributed by atoms with van der Waals surface area (Å²) >= 11 is 0. The predicted octanol–water partition coefficient (Wildman–Crippen LogP) is 5.59. The SMILES string of the molecule is Cc1oc(-c2ccccc2)nc1C(=O)N(C)c1ccccc1-c1ccccc1. The maximum absolute atomic E-state index is 13.2. The zero-order valence-electron chi connectivity index (χ0n) is 15.8. The minimum Gasteiger partial charge on any atom is -0.441 e. The molecule has 0 aliphatic heterocycles. The average Bonchev–Trinajstić information content (AvgIpc) is 3.15. The smallest absolute Gasteiger partial charge is 0.280 e. The highest BCUT2D eigenvalue weighted by Gasteiger charge is 2.23. The third-order valence-corrected chi connectivity index (χ3v) is 4.67. The predicted molar refractivity (Wildman–Crippen MR) is 111 cm³/mol. The number of carbonyl (C=O) groups is 1. The van der Waals surface area contributed by atoms with Crippen LogP contribution in [0.1, 0.15) is 16.2 Å². The van der Waals surface area contributed by atoms with Crippen LogP contribution in [-0.4, -0.2) is 17.9 Å². The minimum atomic E-state index is -0.202. The minimum absolute atomic E-state index is 0.202. The molecule has 0 aliphatic rings. The van der Waals surface area contributed by atoms with Gasteiger partial charge in [-0.25, -0.2) is 4.98 Å². The summed E-state index contributed by atoms with van der Waals surface area (Å²) in [5, 5.41) is 0. The van der Waals surface area contributed by atoms with E-state index in [1.807, 2.05) is 84.9 Å². The van der Waals surface area contributed by atoms with Crippen LogP contribution in [0.2, 0.25) is 0 Å². The highest BCUT2D eigenvalue weighted by molar-refractivity contribution is 6.07. The maximum Gasteiger partial charge on any atom is 0.280 e. The van der Waals surface area contributed by atoms with Gasteiger partial charge in [-0.15, -0.1) is 0 Å². The van der Waals surface area contributed by atoms with E-state index >= 15 is 0 Å². The summed E-state index contributed by atoms with van der Waals surface area (Å²) in [6.07, 6.45) is 0. The molecule has 0 bridgehead atoms. The lowest BCUT2D eigenvalue weighted by Crippen LogP contribution is -2.27. The van der Waals surface area contributed by atoms with E-state index in [0.717, 1.165) is 22.4 Å². The molecule has 0 radical (unpaired) electrons. The van der Waals surface area contributed by atoms with Gasteiger partial charge in [0.05, 0.1) is 5.69 Å². The van der Waals surface area contributed by atoms with Crippen molar-refractivity contribution >= 4 is 11.6 Å². The van der Waals surface area contributed by atoms with Crippen LogP contribution in [-0.2, 0) is 0 Å². The third kappa shape index (κ3) is 3.32. The van der Waals surface area contributed by atoms with E-state index < -0.39 is 0 Å². The number of amides is 1. The molecule has 1 heterocycles. The molecule has 3 aromatic carbocycles. The molecule has 0 spiro atoms. The van der Waals surface area contributed by atoms with Crippen molar-refractivity contribution < 1.29 is 9.21 Å². The second kappa shape index (κ2) is 7.53. The van der Waals surface area contributed by atoms with E-state index in [0.29, 0.717) is 17.3 Å². The van der Waals surface area contributed by atoms with E-state index in [9.17, 15) is 4.79 Å². The monoisotopic (exact) mass is 368 g/mol. The van der Waals surface area contributed by atoms with Gasteiger partial charge in [0.25, 0.3) is 5.91 Å². The lowest BCUT2D eigenvalue weighted by Gasteiger charge is -2.20. The van der Waals surface area contributed by atoms with E-state index in [-0.39, 0.29) is 5.91 Å². The average molecular weight is 368 g/mol. The molecule has 4 heteroatoms. The zero-order valence-corrected chi connectivity index (χ0v) is 15.8. The molecule has 1 amide bonds. The van der Waals surface area contributed by atoms with E-state index in [2.05, 4.69) is 4.98 Å². The molecular formula is C24H20N2O2. The summed E-state index contributed by atoms with van der Waals surface area (Å²) < 4.78 is 5.76. The fourth-order valence-electron chi connectivity index (χ4n) is 3.20. The molecule has 0 unspecified atom stereocenters. The third-order valence-electron chi connectivity index (χ3n) is 4.67. The van der Waals surface area contributed by atoms with Gasteiger partial charge in [-0.3, -0.25) is 4.79 Å². The molecule has 4 nitrogen and oxygen atoms in total. The number of carbonyl (C=O) groups excluding carboxylic acids is 1. The Morgan fingerprint density at radius 3 is 2.07 bits per heavy atom. The van der Waals surface area contributed by atoms with Crippen LogP contribution in [0, 0.1) is 6.92 Å². The molecule has 0 saturated heterocycles. The number of nitrogens with zero attached hydrogens (tertiary/aromatic N) is 2. The Morgan fingerprint density at radius 1 is 0.821 bits per heavy atom. The zero-order chi connectivity index (χ0) is 19.5. The summed E-state index contributed by atoms with van der Waals surface area (Å²) in [6.45, 7) is 1.77. The van der Waals surface area contributed by atoms with Gasteiger partial charge in [0.2, 0.25) is 5.89 Å². The van der Waals surface area contributed by atoms with Crippen molar-refractivity contribution in [3.63, 3.8) is 0 Å². The summed E-state index contributed by atoms with van der Waals surface area (Å²) in [7, 11) is 1.76. The number of aromatic nitrogens is 1. The van der Waals surface area contributed by atoms with Crippen LogP contribution in [0.15, 0.2) is 89.3 Å². The van der Waals surface area contributed by atoms with Crippen molar-refractivity contribution in [1.29, 1.82) is 0 Å². The summed E-state index contributed by atoms with van der Waals surface area (Å²) in [5.74, 6) is 0.755. The molecule has 1 aromatic heterocycles. The normalized spacial score (nSPS) is 10.6. The van der Waals surface area contributed by atoms with Gasteiger partial charge in [-0.05, 0) is 30.7 Å². The molecule has 4 rings (SSSR count). The van der Waals surface area contributed by atoms with Gasteiger partial charge in [0, 0.05) is 18.2 Å². The molecule has 0 atom stereocenters. The fraction of sp³-hybridized carbons (Fsp3) is 0.0833. The molecule has 0 saturated carbocycles. The second-order valence-corrected chi connectivity index (χ2v) is 6.54. The standard InChI is InChI=1S/C24H20N2O2/c1-17-22(25-23(28-17)19-13-7-4-8-14-19)24(27)26(2)21-16-10-9-15-20(21)18-11-5-3-6-12-18/h3-16H,1-2H3. The van der Waals surface area contributed by atoms with Crippen molar-refractivity contribution in [2.24, 2.45) is 0 Å². The van der Waals surface area contributed by atoms with Crippen molar-refractivity contribution in [3.8, 4) is 22.6 Å².